The molecule has 10 nitrogen and oxygen atoms in total. The average molecular weight is 538 g/mol. The van der Waals surface area contributed by atoms with Crippen molar-refractivity contribution in [3.8, 4) is 11.9 Å². The molecule has 1 aromatic carbocycles. The van der Waals surface area contributed by atoms with Crippen molar-refractivity contribution >= 4 is 11.8 Å². The summed E-state index contributed by atoms with van der Waals surface area (Å²) in [5, 5.41) is 16.4. The smallest absolute Gasteiger partial charge is 0.416 e. The summed E-state index contributed by atoms with van der Waals surface area (Å²) in [6.07, 6.45) is -0.555. The summed E-state index contributed by atoms with van der Waals surface area (Å²) < 4.78 is 48.9. The number of benzene rings is 1. The van der Waals surface area contributed by atoms with Crippen LogP contribution in [0, 0.1) is 0 Å². The lowest BCUT2D eigenvalue weighted by Gasteiger charge is -2.48. The van der Waals surface area contributed by atoms with Gasteiger partial charge in [-0.25, -0.2) is 4.98 Å². The Labute approximate surface area is 217 Å². The van der Waals surface area contributed by atoms with Crippen molar-refractivity contribution in [2.24, 2.45) is 0 Å². The maximum absolute atomic E-state index is 12.8. The van der Waals surface area contributed by atoms with Crippen molar-refractivity contribution in [2.75, 3.05) is 33.9 Å². The van der Waals surface area contributed by atoms with E-state index in [-0.39, 0.29) is 36.1 Å². The number of methoxy groups -OCH3 is 2. The lowest BCUT2D eigenvalue weighted by Crippen LogP contribution is -2.63. The largest absolute Gasteiger partial charge is 0.481 e. The lowest BCUT2D eigenvalue weighted by molar-refractivity contribution is -0.137. The molecule has 206 valence electrons. The molecule has 2 fully saturated rings. The van der Waals surface area contributed by atoms with Crippen molar-refractivity contribution in [3.63, 3.8) is 0 Å². The fraction of sp³-hybridized carbons (Fsp3) is 0.520. The Balaban J connectivity index is 1.20. The van der Waals surface area contributed by atoms with Gasteiger partial charge >= 0.3 is 12.2 Å². The first kappa shape index (κ1) is 27.6. The van der Waals surface area contributed by atoms with Gasteiger partial charge in [0.1, 0.15) is 0 Å². The van der Waals surface area contributed by atoms with Gasteiger partial charge in [-0.1, -0.05) is 6.07 Å². The van der Waals surface area contributed by atoms with E-state index in [1.165, 1.54) is 26.5 Å². The van der Waals surface area contributed by atoms with E-state index in [0.717, 1.165) is 31.0 Å². The first-order valence-corrected chi connectivity index (χ1v) is 12.2. The molecule has 1 aliphatic carbocycles. The molecular weight excluding hydrogens is 507 g/mol. The standard InChI is InChI=1S/C25H30F3N5O5/c1-37-22-19(11-30-23(32-22)38-2)24(36)8-6-18(7-9-24)33-13-17(14-33)31-20(34)12-29-21(35)15-4-3-5-16(10-15)25(26,27)28/h3-5,10-11,17-18,36H,6-9,12-14H2,1-2H3,(H,29,35)(H,31,34). The van der Waals surface area contributed by atoms with Gasteiger partial charge in [0.15, 0.2) is 0 Å². The van der Waals surface area contributed by atoms with Crippen LogP contribution in [0.15, 0.2) is 30.5 Å². The van der Waals surface area contributed by atoms with E-state index in [1.54, 1.807) is 0 Å². The van der Waals surface area contributed by atoms with Crippen LogP contribution in [-0.2, 0) is 16.6 Å². The number of nitrogens with zero attached hydrogens (tertiary/aromatic N) is 3. The molecule has 2 amide bonds. The van der Waals surface area contributed by atoms with Gasteiger partial charge in [0.2, 0.25) is 11.8 Å². The molecule has 2 heterocycles. The minimum Gasteiger partial charge on any atom is -0.481 e. The Bertz CT molecular complexity index is 1160. The number of rotatable bonds is 8. The third-order valence-corrected chi connectivity index (χ3v) is 7.04. The van der Waals surface area contributed by atoms with Gasteiger partial charge in [0, 0.05) is 30.9 Å². The third kappa shape index (κ3) is 6.16. The Kier molecular flexibility index (Phi) is 8.07. The summed E-state index contributed by atoms with van der Waals surface area (Å²) in [7, 11) is 2.93. The molecule has 1 saturated carbocycles. The van der Waals surface area contributed by atoms with Gasteiger partial charge in [-0.15, -0.1) is 0 Å². The average Bonchev–Trinajstić information content (AvgIpc) is 2.89. The van der Waals surface area contributed by atoms with E-state index >= 15 is 0 Å². The van der Waals surface area contributed by atoms with Crippen LogP contribution in [0.5, 0.6) is 11.9 Å². The second-order valence-electron chi connectivity index (χ2n) is 9.52. The maximum Gasteiger partial charge on any atom is 0.416 e. The van der Waals surface area contributed by atoms with Crippen LogP contribution in [0.1, 0.15) is 47.2 Å². The van der Waals surface area contributed by atoms with Crippen LogP contribution < -0.4 is 20.1 Å². The van der Waals surface area contributed by atoms with E-state index in [2.05, 4.69) is 25.5 Å². The zero-order chi connectivity index (χ0) is 27.5. The van der Waals surface area contributed by atoms with Crippen molar-refractivity contribution in [3.05, 3.63) is 47.2 Å². The number of halogens is 3. The molecule has 0 bridgehead atoms. The number of carbonyl (C=O) groups is 2. The van der Waals surface area contributed by atoms with E-state index < -0.39 is 29.2 Å². The summed E-state index contributed by atoms with van der Waals surface area (Å²) >= 11 is 0. The number of alkyl halides is 3. The quantitative estimate of drug-likeness (QED) is 0.466. The van der Waals surface area contributed by atoms with Crippen LogP contribution in [0.2, 0.25) is 0 Å². The molecule has 3 N–H and O–H groups in total. The molecule has 4 rings (SSSR count). The van der Waals surface area contributed by atoms with Crippen LogP contribution in [0.25, 0.3) is 0 Å². The highest BCUT2D eigenvalue weighted by Gasteiger charge is 2.42. The number of hydrogen-bond donors (Lipinski definition) is 3. The Morgan fingerprint density at radius 2 is 1.89 bits per heavy atom. The van der Waals surface area contributed by atoms with E-state index in [0.29, 0.717) is 31.5 Å². The van der Waals surface area contributed by atoms with Gasteiger partial charge in [0.05, 0.1) is 43.5 Å². The minimum absolute atomic E-state index is 0.0937. The molecule has 0 unspecified atom stereocenters. The van der Waals surface area contributed by atoms with Crippen LogP contribution in [0.4, 0.5) is 13.2 Å². The molecule has 0 spiro atoms. The number of ether oxygens (including phenoxy) is 2. The molecule has 0 radical (unpaired) electrons. The molecular formula is C25H30F3N5O5. The lowest BCUT2D eigenvalue weighted by atomic mass is 9.77. The minimum atomic E-state index is -4.56. The van der Waals surface area contributed by atoms with Gasteiger partial charge < -0.3 is 25.2 Å². The number of aromatic nitrogens is 2. The predicted molar refractivity (Wildman–Crippen MR) is 129 cm³/mol. The maximum atomic E-state index is 12.8. The fourth-order valence-corrected chi connectivity index (χ4v) is 4.92. The molecule has 1 aromatic heterocycles. The predicted octanol–water partition coefficient (Wildman–Crippen LogP) is 1.87. The molecule has 2 aromatic rings. The fourth-order valence-electron chi connectivity index (χ4n) is 4.92. The molecule has 0 atom stereocenters. The van der Waals surface area contributed by atoms with Crippen molar-refractivity contribution in [1.82, 2.24) is 25.5 Å². The highest BCUT2D eigenvalue weighted by atomic mass is 19.4. The van der Waals surface area contributed by atoms with Crippen LogP contribution in [0.3, 0.4) is 0 Å². The molecule has 1 aliphatic heterocycles. The van der Waals surface area contributed by atoms with Gasteiger partial charge in [-0.3, -0.25) is 14.5 Å². The van der Waals surface area contributed by atoms with E-state index in [1.807, 2.05) is 0 Å². The van der Waals surface area contributed by atoms with E-state index in [4.69, 9.17) is 9.47 Å². The first-order chi connectivity index (χ1) is 18.0. The van der Waals surface area contributed by atoms with Crippen molar-refractivity contribution < 1.29 is 37.3 Å². The van der Waals surface area contributed by atoms with Crippen molar-refractivity contribution in [1.29, 1.82) is 0 Å². The number of carbonyl (C=O) groups excluding carboxylic acids is 2. The highest BCUT2D eigenvalue weighted by Crippen LogP contribution is 2.42. The first-order valence-electron chi connectivity index (χ1n) is 12.2. The normalized spacial score (nSPS) is 22.3. The third-order valence-electron chi connectivity index (χ3n) is 7.04. The van der Waals surface area contributed by atoms with E-state index in [9.17, 15) is 27.9 Å². The topological polar surface area (TPSA) is 126 Å². The molecule has 1 saturated heterocycles. The number of likely N-dealkylation sites (tertiary alicyclic amines) is 1. The number of amides is 2. The van der Waals surface area contributed by atoms with Gasteiger partial charge in [-0.2, -0.15) is 18.2 Å². The van der Waals surface area contributed by atoms with Gasteiger partial charge in [-0.05, 0) is 43.9 Å². The zero-order valence-electron chi connectivity index (χ0n) is 21.0. The Hall–Kier alpha value is -3.45. The van der Waals surface area contributed by atoms with Crippen LogP contribution >= 0.6 is 0 Å². The number of hydrogen-bond acceptors (Lipinski definition) is 8. The summed E-state index contributed by atoms with van der Waals surface area (Å²) in [5.41, 5.74) is -1.68. The van der Waals surface area contributed by atoms with Gasteiger partial charge in [0.25, 0.3) is 5.91 Å². The number of nitrogens with one attached hydrogen (secondary N) is 2. The Morgan fingerprint density at radius 1 is 1.18 bits per heavy atom. The SMILES string of the molecule is COc1ncc(C2(O)CCC(N3CC(NC(=O)CNC(=O)c4cccc(C(F)(F)F)c4)C3)CC2)c(OC)n1. The summed E-state index contributed by atoms with van der Waals surface area (Å²) in [4.78, 5) is 34.9. The summed E-state index contributed by atoms with van der Waals surface area (Å²) in [6, 6.07) is 4.34. The number of aliphatic hydroxyl groups is 1. The summed E-state index contributed by atoms with van der Waals surface area (Å²) in [5.74, 6) is -0.890. The highest BCUT2D eigenvalue weighted by molar-refractivity contribution is 5.96. The molecule has 13 heteroatoms. The zero-order valence-corrected chi connectivity index (χ0v) is 21.0. The second-order valence-corrected chi connectivity index (χ2v) is 9.52. The Morgan fingerprint density at radius 3 is 2.53 bits per heavy atom. The van der Waals surface area contributed by atoms with Crippen LogP contribution in [-0.4, -0.2) is 77.7 Å². The second kappa shape index (κ2) is 11.1. The monoisotopic (exact) mass is 537 g/mol. The summed E-state index contributed by atoms with van der Waals surface area (Å²) in [6.45, 7) is 0.921. The molecule has 38 heavy (non-hydrogen) atoms. The van der Waals surface area contributed by atoms with Crippen molar-refractivity contribution in [2.45, 2.75) is 49.5 Å². The molecule has 2 aliphatic rings.